The molecular formula is C13H25N3O3. The van der Waals surface area contributed by atoms with Gasteiger partial charge in [-0.2, -0.15) is 0 Å². The lowest BCUT2D eigenvalue weighted by atomic mass is 10.0. The van der Waals surface area contributed by atoms with Crippen molar-refractivity contribution < 1.29 is 14.3 Å². The first-order valence-corrected chi connectivity index (χ1v) is 6.69. The van der Waals surface area contributed by atoms with Gasteiger partial charge in [0.05, 0.1) is 19.3 Å². The molecule has 110 valence electrons. The number of urea groups is 1. The maximum absolute atomic E-state index is 11.8. The Labute approximate surface area is 114 Å². The highest BCUT2D eigenvalue weighted by Gasteiger charge is 2.25. The molecule has 0 aromatic rings. The lowest BCUT2D eigenvalue weighted by Gasteiger charge is -2.35. The summed E-state index contributed by atoms with van der Waals surface area (Å²) in [6.07, 6.45) is 0. The number of amides is 2. The van der Waals surface area contributed by atoms with E-state index in [1.807, 2.05) is 13.8 Å². The highest BCUT2D eigenvalue weighted by molar-refractivity contribution is 5.86. The van der Waals surface area contributed by atoms with E-state index < -0.39 is 6.04 Å². The number of carbonyl (C=O) groups is 2. The number of morpholine rings is 1. The molecule has 0 spiro atoms. The zero-order valence-corrected chi connectivity index (χ0v) is 12.3. The van der Waals surface area contributed by atoms with Crippen LogP contribution in [0.25, 0.3) is 0 Å². The van der Waals surface area contributed by atoms with Gasteiger partial charge in [-0.05, 0) is 27.7 Å². The van der Waals surface area contributed by atoms with E-state index in [4.69, 9.17) is 4.74 Å². The normalized spacial score (nSPS) is 18.7. The third-order valence-corrected chi connectivity index (χ3v) is 3.13. The molecule has 1 aliphatic heterocycles. The summed E-state index contributed by atoms with van der Waals surface area (Å²) in [5, 5.41) is 5.53. The van der Waals surface area contributed by atoms with Gasteiger partial charge < -0.3 is 15.4 Å². The number of hydrogen-bond acceptors (Lipinski definition) is 4. The number of nitrogens with one attached hydrogen (secondary N) is 2. The minimum Gasteiger partial charge on any atom is -0.379 e. The van der Waals surface area contributed by atoms with E-state index in [9.17, 15) is 9.59 Å². The summed E-state index contributed by atoms with van der Waals surface area (Å²) in [6.45, 7) is 11.1. The molecule has 6 nitrogen and oxygen atoms in total. The molecule has 19 heavy (non-hydrogen) atoms. The molecule has 1 atom stereocenters. The van der Waals surface area contributed by atoms with Crippen molar-refractivity contribution >= 4 is 11.8 Å². The van der Waals surface area contributed by atoms with Crippen molar-refractivity contribution in [2.75, 3.05) is 32.8 Å². The van der Waals surface area contributed by atoms with Crippen LogP contribution in [0.3, 0.4) is 0 Å². The first-order valence-electron chi connectivity index (χ1n) is 6.69. The molecule has 6 heteroatoms. The van der Waals surface area contributed by atoms with Crippen LogP contribution in [-0.2, 0) is 9.53 Å². The predicted octanol–water partition coefficient (Wildman–Crippen LogP) is 0.374. The van der Waals surface area contributed by atoms with Crippen LogP contribution >= 0.6 is 0 Å². The van der Waals surface area contributed by atoms with Crippen molar-refractivity contribution in [3.63, 3.8) is 0 Å². The van der Waals surface area contributed by atoms with Crippen molar-refractivity contribution in [1.82, 2.24) is 15.5 Å². The second-order valence-electron chi connectivity index (χ2n) is 5.70. The molecule has 1 fully saturated rings. The molecule has 2 N–H and O–H groups in total. The van der Waals surface area contributed by atoms with Gasteiger partial charge in [0, 0.05) is 25.2 Å². The van der Waals surface area contributed by atoms with Crippen LogP contribution in [0.5, 0.6) is 0 Å². The standard InChI is InChI=1S/C13H25N3O3/c1-10(11(2)17)14-12(18)15-13(3,4)9-16-5-7-19-8-6-16/h10H,5-9H2,1-4H3,(H2,14,15,18). The maximum atomic E-state index is 11.8. The third kappa shape index (κ3) is 6.02. The summed E-state index contributed by atoms with van der Waals surface area (Å²) in [4.78, 5) is 25.2. The largest absolute Gasteiger partial charge is 0.379 e. The fourth-order valence-corrected chi connectivity index (χ4v) is 2.00. The summed E-state index contributed by atoms with van der Waals surface area (Å²) in [7, 11) is 0. The molecule has 1 aliphatic rings. The lowest BCUT2D eigenvalue weighted by molar-refractivity contribution is -0.118. The van der Waals surface area contributed by atoms with E-state index in [2.05, 4.69) is 15.5 Å². The van der Waals surface area contributed by atoms with E-state index in [0.717, 1.165) is 32.8 Å². The Kier molecular flexibility index (Phi) is 5.75. The molecule has 0 radical (unpaired) electrons. The van der Waals surface area contributed by atoms with Gasteiger partial charge in [0.25, 0.3) is 0 Å². The molecule has 0 aliphatic carbocycles. The van der Waals surface area contributed by atoms with Gasteiger partial charge in [-0.1, -0.05) is 0 Å². The predicted molar refractivity (Wildman–Crippen MR) is 73.1 cm³/mol. The topological polar surface area (TPSA) is 70.7 Å². The summed E-state index contributed by atoms with van der Waals surface area (Å²) in [6, 6.07) is -0.764. The van der Waals surface area contributed by atoms with Crippen molar-refractivity contribution in [3.05, 3.63) is 0 Å². The molecule has 1 rings (SSSR count). The molecule has 1 saturated heterocycles. The number of hydrogen-bond donors (Lipinski definition) is 2. The quantitative estimate of drug-likeness (QED) is 0.758. The number of carbonyl (C=O) groups excluding carboxylic acids is 2. The minimum atomic E-state index is -0.459. The lowest BCUT2D eigenvalue weighted by Crippen LogP contribution is -2.57. The Hall–Kier alpha value is -1.14. The first kappa shape index (κ1) is 15.9. The average molecular weight is 271 g/mol. The van der Waals surface area contributed by atoms with Crippen LogP contribution < -0.4 is 10.6 Å². The maximum Gasteiger partial charge on any atom is 0.315 e. The van der Waals surface area contributed by atoms with Gasteiger partial charge in [-0.15, -0.1) is 0 Å². The van der Waals surface area contributed by atoms with Crippen molar-refractivity contribution in [2.24, 2.45) is 0 Å². The van der Waals surface area contributed by atoms with Crippen LogP contribution in [0.1, 0.15) is 27.7 Å². The number of ether oxygens (including phenoxy) is 1. The van der Waals surface area contributed by atoms with Crippen LogP contribution in [0.15, 0.2) is 0 Å². The molecule has 0 aromatic carbocycles. The summed E-state index contributed by atoms with van der Waals surface area (Å²) >= 11 is 0. The fraction of sp³-hybridized carbons (Fsp3) is 0.846. The van der Waals surface area contributed by atoms with E-state index in [-0.39, 0.29) is 17.4 Å². The van der Waals surface area contributed by atoms with E-state index in [1.165, 1.54) is 6.92 Å². The van der Waals surface area contributed by atoms with Crippen LogP contribution in [0.4, 0.5) is 4.79 Å². The molecule has 2 amide bonds. The van der Waals surface area contributed by atoms with Gasteiger partial charge in [0.2, 0.25) is 0 Å². The molecule has 0 saturated carbocycles. The zero-order valence-electron chi connectivity index (χ0n) is 12.3. The smallest absolute Gasteiger partial charge is 0.315 e. The number of ketones is 1. The first-order chi connectivity index (χ1) is 8.80. The van der Waals surface area contributed by atoms with Crippen molar-refractivity contribution in [1.29, 1.82) is 0 Å². The number of rotatable bonds is 5. The summed E-state index contributed by atoms with van der Waals surface area (Å²) in [5.74, 6) is -0.0545. The fourth-order valence-electron chi connectivity index (χ4n) is 2.00. The minimum absolute atomic E-state index is 0.0545. The monoisotopic (exact) mass is 271 g/mol. The van der Waals surface area contributed by atoms with Gasteiger partial charge in [-0.25, -0.2) is 4.79 Å². The molecule has 1 unspecified atom stereocenters. The van der Waals surface area contributed by atoms with Gasteiger partial charge in [0.15, 0.2) is 5.78 Å². The second-order valence-corrected chi connectivity index (χ2v) is 5.70. The highest BCUT2D eigenvalue weighted by atomic mass is 16.5. The Morgan fingerprint density at radius 2 is 1.89 bits per heavy atom. The summed E-state index contributed by atoms with van der Waals surface area (Å²) < 4.78 is 5.30. The second kappa shape index (κ2) is 6.86. The van der Waals surface area contributed by atoms with E-state index in [1.54, 1.807) is 6.92 Å². The average Bonchev–Trinajstić information content (AvgIpc) is 2.28. The Balaban J connectivity index is 2.39. The Morgan fingerprint density at radius 1 is 1.32 bits per heavy atom. The molecular weight excluding hydrogens is 246 g/mol. The van der Waals surface area contributed by atoms with Gasteiger partial charge >= 0.3 is 6.03 Å². The van der Waals surface area contributed by atoms with Crippen molar-refractivity contribution in [3.8, 4) is 0 Å². The molecule has 0 bridgehead atoms. The van der Waals surface area contributed by atoms with Crippen LogP contribution in [0.2, 0.25) is 0 Å². The molecule has 1 heterocycles. The van der Waals surface area contributed by atoms with Crippen LogP contribution in [-0.4, -0.2) is 61.1 Å². The Morgan fingerprint density at radius 3 is 2.42 bits per heavy atom. The zero-order chi connectivity index (χ0) is 14.5. The van der Waals surface area contributed by atoms with Gasteiger partial charge in [0.1, 0.15) is 0 Å². The third-order valence-electron chi connectivity index (χ3n) is 3.13. The van der Waals surface area contributed by atoms with Gasteiger partial charge in [-0.3, -0.25) is 9.69 Å². The van der Waals surface area contributed by atoms with Crippen molar-refractivity contribution in [2.45, 2.75) is 39.3 Å². The number of Topliss-reactive ketones (excluding diaryl/α,β-unsaturated/α-hetero) is 1. The SMILES string of the molecule is CC(=O)C(C)NC(=O)NC(C)(C)CN1CCOCC1. The molecule has 0 aromatic heterocycles. The van der Waals surface area contributed by atoms with E-state index >= 15 is 0 Å². The Bertz CT molecular complexity index is 325. The van der Waals surface area contributed by atoms with E-state index in [0.29, 0.717) is 0 Å². The van der Waals surface area contributed by atoms with Crippen LogP contribution in [0, 0.1) is 0 Å². The number of nitrogens with zero attached hydrogens (tertiary/aromatic N) is 1. The summed E-state index contributed by atoms with van der Waals surface area (Å²) in [5.41, 5.74) is -0.349. The highest BCUT2D eigenvalue weighted by Crippen LogP contribution is 2.07.